The molecule has 0 atom stereocenters. The van der Waals surface area contributed by atoms with Crippen molar-refractivity contribution in [1.82, 2.24) is 24.9 Å². The quantitative estimate of drug-likeness (QED) is 0.803. The Bertz CT molecular complexity index is 820. The Labute approximate surface area is 132 Å². The minimum absolute atomic E-state index is 0.196. The monoisotopic (exact) mass is 315 g/mol. The van der Waals surface area contributed by atoms with Gasteiger partial charge in [-0.1, -0.05) is 31.3 Å². The summed E-state index contributed by atoms with van der Waals surface area (Å²) in [6.07, 6.45) is 1.90. The maximum absolute atomic E-state index is 12.4. The summed E-state index contributed by atoms with van der Waals surface area (Å²) in [4.78, 5) is 16.7. The molecule has 3 aromatic rings. The summed E-state index contributed by atoms with van der Waals surface area (Å²) in [6, 6.07) is 5.70. The summed E-state index contributed by atoms with van der Waals surface area (Å²) in [6.45, 7) is 6.39. The molecule has 6 nitrogen and oxygen atoms in total. The molecule has 0 saturated carbocycles. The first-order valence-electron chi connectivity index (χ1n) is 7.10. The number of imidazole rings is 1. The highest BCUT2D eigenvalue weighted by Crippen LogP contribution is 2.19. The molecule has 0 spiro atoms. The van der Waals surface area contributed by atoms with E-state index >= 15 is 0 Å². The molecule has 0 aliphatic rings. The van der Waals surface area contributed by atoms with Gasteiger partial charge in [-0.05, 0) is 19.1 Å². The van der Waals surface area contributed by atoms with Crippen LogP contribution < -0.4 is 5.32 Å². The average Bonchev–Trinajstić information content (AvgIpc) is 3.11. The van der Waals surface area contributed by atoms with E-state index in [0.717, 1.165) is 21.4 Å². The van der Waals surface area contributed by atoms with Gasteiger partial charge in [0.2, 0.25) is 0 Å². The molecule has 3 aromatic heterocycles. The zero-order valence-electron chi connectivity index (χ0n) is 12.7. The van der Waals surface area contributed by atoms with Crippen LogP contribution in [0, 0.1) is 6.92 Å². The number of hydrogen-bond acceptors (Lipinski definition) is 5. The zero-order valence-corrected chi connectivity index (χ0v) is 13.5. The van der Waals surface area contributed by atoms with Gasteiger partial charge in [-0.2, -0.15) is 0 Å². The van der Waals surface area contributed by atoms with Gasteiger partial charge in [0.25, 0.3) is 5.91 Å². The van der Waals surface area contributed by atoms with Crippen molar-refractivity contribution in [2.75, 3.05) is 0 Å². The predicted molar refractivity (Wildman–Crippen MR) is 85.1 cm³/mol. The van der Waals surface area contributed by atoms with Crippen molar-refractivity contribution in [2.24, 2.45) is 0 Å². The molecule has 0 saturated heterocycles. The van der Waals surface area contributed by atoms with E-state index in [2.05, 4.69) is 34.3 Å². The molecule has 0 aromatic carbocycles. The Kier molecular flexibility index (Phi) is 3.89. The number of carbonyl (C=O) groups excluding carboxylic acids is 1. The van der Waals surface area contributed by atoms with Gasteiger partial charge in [0.05, 0.1) is 12.1 Å². The topological polar surface area (TPSA) is 72.2 Å². The lowest BCUT2D eigenvalue weighted by atomic mass is 10.2. The average molecular weight is 315 g/mol. The number of aromatic nitrogens is 4. The number of hydrogen-bond donors (Lipinski definition) is 1. The van der Waals surface area contributed by atoms with Gasteiger partial charge in [0.1, 0.15) is 15.8 Å². The number of pyridine rings is 1. The standard InChI is InChI=1S/C15H17N5OS/c1-9(2)15-19-18-12(22-15)8-16-14(21)13-11-6-4-5-7-20(11)10(3)17-13/h4-7,9H,8H2,1-3H3,(H,16,21). The lowest BCUT2D eigenvalue weighted by Gasteiger charge is -2.00. The van der Waals surface area contributed by atoms with Crippen LogP contribution in [0.1, 0.15) is 46.1 Å². The second-order valence-corrected chi connectivity index (χ2v) is 6.43. The Hall–Kier alpha value is -2.28. The normalized spacial score (nSPS) is 11.3. The van der Waals surface area contributed by atoms with Crippen LogP contribution in [0.25, 0.3) is 5.52 Å². The second-order valence-electron chi connectivity index (χ2n) is 5.33. The van der Waals surface area contributed by atoms with Gasteiger partial charge in [-0.25, -0.2) is 4.98 Å². The van der Waals surface area contributed by atoms with Gasteiger partial charge >= 0.3 is 0 Å². The summed E-state index contributed by atoms with van der Waals surface area (Å²) < 4.78 is 1.90. The third kappa shape index (κ3) is 2.71. The molecule has 1 amide bonds. The summed E-state index contributed by atoms with van der Waals surface area (Å²) in [5, 5.41) is 12.9. The summed E-state index contributed by atoms with van der Waals surface area (Å²) >= 11 is 1.52. The number of nitrogens with zero attached hydrogens (tertiary/aromatic N) is 4. The van der Waals surface area contributed by atoms with E-state index in [4.69, 9.17) is 0 Å². The van der Waals surface area contributed by atoms with E-state index < -0.39 is 0 Å². The minimum atomic E-state index is -0.196. The van der Waals surface area contributed by atoms with Crippen molar-refractivity contribution in [2.45, 2.75) is 33.2 Å². The lowest BCUT2D eigenvalue weighted by molar-refractivity contribution is 0.0948. The number of aryl methyl sites for hydroxylation is 1. The molecule has 0 aliphatic heterocycles. The summed E-state index contributed by atoms with van der Waals surface area (Å²) in [5.41, 5.74) is 1.24. The first-order chi connectivity index (χ1) is 10.6. The molecule has 0 unspecified atom stereocenters. The molecule has 0 radical (unpaired) electrons. The lowest BCUT2D eigenvalue weighted by Crippen LogP contribution is -2.23. The molecule has 22 heavy (non-hydrogen) atoms. The van der Waals surface area contributed by atoms with Crippen LogP contribution in [0.4, 0.5) is 0 Å². The number of nitrogens with one attached hydrogen (secondary N) is 1. The molecule has 0 bridgehead atoms. The maximum atomic E-state index is 12.4. The molecule has 1 N–H and O–H groups in total. The third-order valence-corrected chi connectivity index (χ3v) is 4.54. The van der Waals surface area contributed by atoms with E-state index in [1.54, 1.807) is 0 Å². The largest absolute Gasteiger partial charge is 0.344 e. The summed E-state index contributed by atoms with van der Waals surface area (Å²) in [7, 11) is 0. The van der Waals surface area contributed by atoms with Gasteiger partial charge in [0.15, 0.2) is 5.69 Å². The molecule has 114 valence electrons. The van der Waals surface area contributed by atoms with Gasteiger partial charge in [-0.3, -0.25) is 4.79 Å². The minimum Gasteiger partial charge on any atom is -0.344 e. The van der Waals surface area contributed by atoms with Crippen LogP contribution in [0.2, 0.25) is 0 Å². The van der Waals surface area contributed by atoms with Crippen molar-refractivity contribution in [3.63, 3.8) is 0 Å². The van der Waals surface area contributed by atoms with E-state index in [-0.39, 0.29) is 5.91 Å². The number of carbonyl (C=O) groups is 1. The fourth-order valence-corrected chi connectivity index (χ4v) is 2.95. The van der Waals surface area contributed by atoms with Gasteiger partial charge in [0, 0.05) is 12.1 Å². The molecule has 0 aliphatic carbocycles. The van der Waals surface area contributed by atoms with E-state index in [0.29, 0.717) is 18.2 Å². The smallest absolute Gasteiger partial charge is 0.272 e. The Morgan fingerprint density at radius 1 is 1.36 bits per heavy atom. The Balaban J connectivity index is 1.76. The molecule has 3 heterocycles. The van der Waals surface area contributed by atoms with E-state index in [9.17, 15) is 4.79 Å². The van der Waals surface area contributed by atoms with E-state index in [1.165, 1.54) is 11.3 Å². The van der Waals surface area contributed by atoms with Crippen LogP contribution in [0.15, 0.2) is 24.4 Å². The predicted octanol–water partition coefficient (Wildman–Crippen LogP) is 2.55. The van der Waals surface area contributed by atoms with Crippen LogP contribution in [0.3, 0.4) is 0 Å². The highest BCUT2D eigenvalue weighted by atomic mass is 32.1. The molecular weight excluding hydrogens is 298 g/mol. The highest BCUT2D eigenvalue weighted by molar-refractivity contribution is 7.11. The van der Waals surface area contributed by atoms with Crippen LogP contribution in [-0.4, -0.2) is 25.5 Å². The molecule has 3 rings (SSSR count). The van der Waals surface area contributed by atoms with Crippen LogP contribution in [0.5, 0.6) is 0 Å². The Morgan fingerprint density at radius 3 is 2.91 bits per heavy atom. The fourth-order valence-electron chi connectivity index (χ4n) is 2.17. The first-order valence-corrected chi connectivity index (χ1v) is 7.92. The SMILES string of the molecule is Cc1nc(C(=O)NCc2nnc(C(C)C)s2)c2ccccn12. The maximum Gasteiger partial charge on any atom is 0.272 e. The Morgan fingerprint density at radius 2 is 2.18 bits per heavy atom. The zero-order chi connectivity index (χ0) is 15.7. The van der Waals surface area contributed by atoms with Crippen molar-refractivity contribution in [1.29, 1.82) is 0 Å². The van der Waals surface area contributed by atoms with Gasteiger partial charge < -0.3 is 9.72 Å². The van der Waals surface area contributed by atoms with Crippen molar-refractivity contribution >= 4 is 22.8 Å². The molecular formula is C15H17N5OS. The summed E-state index contributed by atoms with van der Waals surface area (Å²) in [5.74, 6) is 0.943. The van der Waals surface area contributed by atoms with Crippen LogP contribution >= 0.6 is 11.3 Å². The third-order valence-electron chi connectivity index (χ3n) is 3.32. The second kappa shape index (κ2) is 5.84. The first kappa shape index (κ1) is 14.6. The fraction of sp³-hybridized carbons (Fsp3) is 0.333. The number of amides is 1. The molecule has 0 fully saturated rings. The number of rotatable bonds is 4. The van der Waals surface area contributed by atoms with Crippen molar-refractivity contribution < 1.29 is 4.79 Å². The molecule has 7 heteroatoms. The highest BCUT2D eigenvalue weighted by Gasteiger charge is 2.16. The van der Waals surface area contributed by atoms with Crippen molar-refractivity contribution in [3.8, 4) is 0 Å². The number of fused-ring (bicyclic) bond motifs is 1. The van der Waals surface area contributed by atoms with Gasteiger partial charge in [-0.15, -0.1) is 10.2 Å². The van der Waals surface area contributed by atoms with Crippen molar-refractivity contribution in [3.05, 3.63) is 45.9 Å². The van der Waals surface area contributed by atoms with Crippen LogP contribution in [-0.2, 0) is 6.54 Å². The van der Waals surface area contributed by atoms with E-state index in [1.807, 2.05) is 35.7 Å².